The molecule has 208 valence electrons. The highest BCUT2D eigenvalue weighted by Gasteiger charge is 2.37. The van der Waals surface area contributed by atoms with Gasteiger partial charge in [-0.15, -0.1) is 0 Å². The highest BCUT2D eigenvalue weighted by molar-refractivity contribution is 6.24. The minimum atomic E-state index is 0.0166. The Morgan fingerprint density at radius 1 is 0.364 bits per heavy atom. The normalized spacial score (nSPS) is 15.9. The first-order valence-electron chi connectivity index (χ1n) is 16.2. The monoisotopic (exact) mass is 562 g/mol. The third-order valence-corrected chi connectivity index (χ3v) is 11.3. The summed E-state index contributed by atoms with van der Waals surface area (Å²) in [6, 6.07) is 46.3. The number of para-hydroxylation sites is 4. The van der Waals surface area contributed by atoms with Crippen molar-refractivity contribution in [2.24, 2.45) is 0 Å². The van der Waals surface area contributed by atoms with E-state index >= 15 is 0 Å². The molecule has 6 aromatic carbocycles. The van der Waals surface area contributed by atoms with E-state index in [1.54, 1.807) is 0 Å². The van der Waals surface area contributed by atoms with Crippen LogP contribution in [0, 0.1) is 0 Å². The fraction of sp³-hybridized carbons (Fsp3) is 0.143. The topological polar surface area (TPSA) is 8.82 Å². The second-order valence-corrected chi connectivity index (χ2v) is 13.2. The highest BCUT2D eigenvalue weighted by Crippen LogP contribution is 2.49. The maximum atomic E-state index is 2.56. The van der Waals surface area contributed by atoms with Crippen LogP contribution in [0.1, 0.15) is 43.2 Å². The molecule has 10 aromatic rings. The summed E-state index contributed by atoms with van der Waals surface area (Å²) in [6.07, 6.45) is 6.27. The van der Waals surface area contributed by atoms with E-state index in [0.29, 0.717) is 0 Å². The van der Waals surface area contributed by atoms with Gasteiger partial charge in [0, 0.05) is 48.5 Å². The molecule has 2 nitrogen and oxygen atoms in total. The molecule has 0 amide bonds. The lowest BCUT2D eigenvalue weighted by atomic mass is 9.65. The van der Waals surface area contributed by atoms with Crippen molar-refractivity contribution < 1.29 is 0 Å². The number of nitrogens with zero attached hydrogens (tertiary/aromatic N) is 2. The molecule has 4 aromatic heterocycles. The number of benzene rings is 6. The van der Waals surface area contributed by atoms with Gasteiger partial charge in [-0.1, -0.05) is 104 Å². The van der Waals surface area contributed by atoms with Crippen LogP contribution < -0.4 is 0 Å². The number of hydrogen-bond donors (Lipinski definition) is 0. The molecule has 0 radical (unpaired) electrons. The number of hydrogen-bond acceptors (Lipinski definition) is 0. The predicted molar refractivity (Wildman–Crippen MR) is 186 cm³/mol. The molecule has 0 atom stereocenters. The summed E-state index contributed by atoms with van der Waals surface area (Å²) in [4.78, 5) is 0. The van der Waals surface area contributed by atoms with Gasteiger partial charge in [-0.25, -0.2) is 0 Å². The maximum absolute atomic E-state index is 2.56. The van der Waals surface area contributed by atoms with Gasteiger partial charge >= 0.3 is 0 Å². The number of rotatable bonds is 2. The molecule has 2 heteroatoms. The summed E-state index contributed by atoms with van der Waals surface area (Å²) < 4.78 is 5.00. The van der Waals surface area contributed by atoms with Gasteiger partial charge in [-0.05, 0) is 60.4 Å². The molecule has 1 fully saturated rings. The van der Waals surface area contributed by atoms with Gasteiger partial charge in [0.15, 0.2) is 0 Å². The van der Waals surface area contributed by atoms with Crippen molar-refractivity contribution in [1.29, 1.82) is 0 Å². The van der Waals surface area contributed by atoms with E-state index in [4.69, 9.17) is 0 Å². The van der Waals surface area contributed by atoms with Gasteiger partial charge in [0.05, 0.1) is 33.1 Å². The van der Waals surface area contributed by atoms with Gasteiger partial charge < -0.3 is 8.80 Å². The summed E-state index contributed by atoms with van der Waals surface area (Å²) in [6.45, 7) is 0. The Bertz CT molecular complexity index is 2560. The van der Waals surface area contributed by atoms with Crippen molar-refractivity contribution in [2.75, 3.05) is 0 Å². The predicted octanol–water partition coefficient (Wildman–Crippen LogP) is 11.2. The van der Waals surface area contributed by atoms with E-state index in [2.05, 4.69) is 130 Å². The number of aromatic nitrogens is 2. The quantitative estimate of drug-likeness (QED) is 0.198. The number of fused-ring (bicyclic) bond motifs is 12. The van der Waals surface area contributed by atoms with Crippen molar-refractivity contribution in [3.05, 3.63) is 132 Å². The van der Waals surface area contributed by atoms with Crippen LogP contribution in [0.5, 0.6) is 0 Å². The van der Waals surface area contributed by atoms with Crippen LogP contribution in [0.2, 0.25) is 0 Å². The SMILES string of the molecule is c1ccc2c(c1)c1cccc3c4cc(C5(c6ccc7c(c6)c6cccc8c9ccccc9n7c86)CCCCC5)ccc4n2c13. The van der Waals surface area contributed by atoms with E-state index in [1.165, 1.54) is 119 Å². The molecular weight excluding hydrogens is 532 g/mol. The summed E-state index contributed by atoms with van der Waals surface area (Å²) >= 11 is 0. The van der Waals surface area contributed by atoms with Gasteiger partial charge in [-0.2, -0.15) is 0 Å². The van der Waals surface area contributed by atoms with Gasteiger partial charge in [0.2, 0.25) is 0 Å². The van der Waals surface area contributed by atoms with E-state index in [9.17, 15) is 0 Å². The third-order valence-electron chi connectivity index (χ3n) is 11.3. The van der Waals surface area contributed by atoms with E-state index < -0.39 is 0 Å². The molecule has 0 unspecified atom stereocenters. The van der Waals surface area contributed by atoms with Gasteiger partial charge in [-0.3, -0.25) is 0 Å². The summed E-state index contributed by atoms with van der Waals surface area (Å²) in [5.41, 5.74) is 10.9. The summed E-state index contributed by atoms with van der Waals surface area (Å²) in [5.74, 6) is 0. The molecule has 1 saturated carbocycles. The van der Waals surface area contributed by atoms with E-state index in [-0.39, 0.29) is 5.41 Å². The highest BCUT2D eigenvalue weighted by atomic mass is 14.9. The Hall–Kier alpha value is -5.08. The molecule has 4 heterocycles. The first kappa shape index (κ1) is 23.4. The van der Waals surface area contributed by atoms with Crippen molar-refractivity contribution in [1.82, 2.24) is 8.80 Å². The van der Waals surface area contributed by atoms with Crippen molar-refractivity contribution in [3.63, 3.8) is 0 Å². The molecular formula is C42H30N2. The molecule has 0 spiro atoms. The Kier molecular flexibility index (Phi) is 4.30. The van der Waals surface area contributed by atoms with Crippen LogP contribution >= 0.6 is 0 Å². The van der Waals surface area contributed by atoms with Crippen molar-refractivity contribution >= 4 is 76.2 Å². The van der Waals surface area contributed by atoms with Crippen LogP contribution in [0.4, 0.5) is 0 Å². The van der Waals surface area contributed by atoms with Crippen LogP contribution in [0.15, 0.2) is 121 Å². The van der Waals surface area contributed by atoms with Gasteiger partial charge in [0.1, 0.15) is 0 Å². The van der Waals surface area contributed by atoms with E-state index in [1.807, 2.05) is 0 Å². The first-order chi connectivity index (χ1) is 21.8. The maximum Gasteiger partial charge on any atom is 0.0620 e. The fourth-order valence-corrected chi connectivity index (χ4v) is 9.36. The second-order valence-electron chi connectivity index (χ2n) is 13.2. The lowest BCUT2D eigenvalue weighted by Crippen LogP contribution is -2.30. The Morgan fingerprint density at radius 2 is 0.773 bits per heavy atom. The summed E-state index contributed by atoms with van der Waals surface area (Å²) in [7, 11) is 0. The minimum absolute atomic E-state index is 0.0166. The van der Waals surface area contributed by atoms with Crippen molar-refractivity contribution in [2.45, 2.75) is 37.5 Å². The zero-order valence-corrected chi connectivity index (χ0v) is 24.5. The van der Waals surface area contributed by atoms with Crippen LogP contribution in [-0.4, -0.2) is 8.80 Å². The smallest absolute Gasteiger partial charge is 0.0620 e. The zero-order chi connectivity index (χ0) is 28.6. The Balaban J connectivity index is 1.19. The van der Waals surface area contributed by atoms with Gasteiger partial charge in [0.25, 0.3) is 0 Å². The summed E-state index contributed by atoms with van der Waals surface area (Å²) in [5, 5.41) is 10.9. The van der Waals surface area contributed by atoms with Crippen molar-refractivity contribution in [3.8, 4) is 0 Å². The molecule has 0 N–H and O–H groups in total. The first-order valence-corrected chi connectivity index (χ1v) is 16.2. The molecule has 44 heavy (non-hydrogen) atoms. The van der Waals surface area contributed by atoms with Crippen LogP contribution in [0.25, 0.3) is 76.2 Å². The zero-order valence-electron chi connectivity index (χ0n) is 24.5. The lowest BCUT2D eigenvalue weighted by molar-refractivity contribution is 0.346. The molecule has 1 aliphatic carbocycles. The Labute approximate surface area is 254 Å². The third kappa shape index (κ3) is 2.70. The molecule has 0 aliphatic heterocycles. The second kappa shape index (κ2) is 8.09. The minimum Gasteiger partial charge on any atom is -0.308 e. The largest absolute Gasteiger partial charge is 0.308 e. The standard InChI is InChI=1S/C42H30N2/c1-6-22-42(23-7-1,26-18-20-38-34(24-26)32-14-8-12-30-28-10-2-4-16-36(28)43(38)40(30)32)27-19-21-39-35(25-27)33-15-9-13-31-29-11-3-5-17-37(29)44(39)41(31)33/h2-5,8-21,24-25H,1,6-7,22-23H2. The molecule has 0 saturated heterocycles. The fourth-order valence-electron chi connectivity index (χ4n) is 9.36. The van der Waals surface area contributed by atoms with Crippen LogP contribution in [0.3, 0.4) is 0 Å². The Morgan fingerprint density at radius 3 is 1.27 bits per heavy atom. The average Bonchev–Trinajstić information content (AvgIpc) is 3.82. The van der Waals surface area contributed by atoms with Crippen LogP contribution in [-0.2, 0) is 5.41 Å². The molecule has 1 aliphatic rings. The van der Waals surface area contributed by atoms with E-state index in [0.717, 1.165) is 0 Å². The molecule has 11 rings (SSSR count). The molecule has 0 bridgehead atoms. The lowest BCUT2D eigenvalue weighted by Gasteiger charge is -2.39. The average molecular weight is 563 g/mol.